The number of nitrogens with zero attached hydrogens (tertiary/aromatic N) is 2. The number of hydrogen-bond donors (Lipinski definition) is 1. The van der Waals surface area contributed by atoms with Crippen LogP contribution in [0.25, 0.3) is 10.9 Å². The number of carbonyl (C=O) groups is 1. The average molecular weight is 371 g/mol. The van der Waals surface area contributed by atoms with E-state index < -0.39 is 0 Å². The molecule has 0 saturated carbocycles. The lowest BCUT2D eigenvalue weighted by molar-refractivity contribution is 0.0779. The Bertz CT molecular complexity index is 949. The molecule has 1 aliphatic rings. The summed E-state index contributed by atoms with van der Waals surface area (Å²) >= 11 is 1.52. The molecule has 7 heteroatoms. The van der Waals surface area contributed by atoms with Crippen molar-refractivity contribution in [2.75, 3.05) is 13.7 Å². The van der Waals surface area contributed by atoms with E-state index in [4.69, 9.17) is 9.47 Å². The number of fused-ring (bicyclic) bond motifs is 3. The lowest BCUT2D eigenvalue weighted by Crippen LogP contribution is -2.26. The molecule has 3 heterocycles. The van der Waals surface area contributed by atoms with Gasteiger partial charge in [-0.05, 0) is 26.0 Å². The third kappa shape index (κ3) is 2.92. The fourth-order valence-electron chi connectivity index (χ4n) is 3.36. The van der Waals surface area contributed by atoms with Gasteiger partial charge in [0.1, 0.15) is 23.3 Å². The molecule has 1 unspecified atom stereocenters. The van der Waals surface area contributed by atoms with Gasteiger partial charge in [-0.25, -0.2) is 4.98 Å². The Labute approximate surface area is 155 Å². The molecule has 0 radical (unpaired) electrons. The van der Waals surface area contributed by atoms with Crippen molar-refractivity contribution in [2.45, 2.75) is 32.9 Å². The average Bonchev–Trinajstić information content (AvgIpc) is 3.32. The molecule has 6 nitrogen and oxygen atoms in total. The van der Waals surface area contributed by atoms with Crippen LogP contribution in [0, 0.1) is 0 Å². The quantitative estimate of drug-likeness (QED) is 0.744. The van der Waals surface area contributed by atoms with Gasteiger partial charge >= 0.3 is 0 Å². The van der Waals surface area contributed by atoms with Crippen molar-refractivity contribution in [3.05, 3.63) is 40.0 Å². The summed E-state index contributed by atoms with van der Waals surface area (Å²) in [5.74, 6) is 1.53. The number of H-pyrrole nitrogens is 1. The Morgan fingerprint density at radius 3 is 3.08 bits per heavy atom. The van der Waals surface area contributed by atoms with Crippen molar-refractivity contribution in [3.8, 4) is 11.5 Å². The van der Waals surface area contributed by atoms with Gasteiger partial charge in [-0.15, -0.1) is 11.3 Å². The van der Waals surface area contributed by atoms with Crippen LogP contribution in [0.4, 0.5) is 0 Å². The number of benzene rings is 1. The van der Waals surface area contributed by atoms with Gasteiger partial charge in [0.25, 0.3) is 5.91 Å². The van der Waals surface area contributed by atoms with E-state index >= 15 is 0 Å². The van der Waals surface area contributed by atoms with Crippen LogP contribution >= 0.6 is 11.3 Å². The molecule has 0 aliphatic carbocycles. The van der Waals surface area contributed by atoms with Crippen LogP contribution in [0.15, 0.2) is 23.0 Å². The lowest BCUT2D eigenvalue weighted by atomic mass is 10.1. The van der Waals surface area contributed by atoms with Crippen LogP contribution < -0.4 is 9.47 Å². The molecule has 2 aromatic heterocycles. The Morgan fingerprint density at radius 2 is 2.35 bits per heavy atom. The zero-order valence-corrected chi connectivity index (χ0v) is 15.9. The third-order valence-electron chi connectivity index (χ3n) is 4.49. The molecule has 1 aromatic carbocycles. The maximum Gasteiger partial charge on any atom is 0.270 e. The van der Waals surface area contributed by atoms with Gasteiger partial charge in [0.2, 0.25) is 0 Å². The van der Waals surface area contributed by atoms with Gasteiger partial charge in [0.05, 0.1) is 29.9 Å². The van der Waals surface area contributed by atoms with Gasteiger partial charge in [0.15, 0.2) is 0 Å². The molecule has 26 heavy (non-hydrogen) atoms. The number of amides is 1. The minimum atomic E-state index is -0.0866. The number of ether oxygens (including phenoxy) is 2. The topological polar surface area (TPSA) is 67.5 Å². The number of aromatic nitrogens is 2. The highest BCUT2D eigenvalue weighted by atomic mass is 32.1. The third-order valence-corrected chi connectivity index (χ3v) is 5.13. The van der Waals surface area contributed by atoms with Crippen molar-refractivity contribution in [3.63, 3.8) is 0 Å². The molecule has 136 valence electrons. The van der Waals surface area contributed by atoms with E-state index in [0.717, 1.165) is 40.1 Å². The summed E-state index contributed by atoms with van der Waals surface area (Å²) < 4.78 is 11.8. The van der Waals surface area contributed by atoms with E-state index in [2.05, 4.69) is 9.97 Å². The Balaban J connectivity index is 1.71. The molecule has 0 saturated heterocycles. The standard InChI is InChI=1S/C19H21N3O3S/c1-4-24-16-6-12-5-11(2)25-18(12)17-14(16)7-15(21-17)19(23)22(3)8-13-9-26-10-20-13/h6-7,9-11,21H,4-5,8H2,1-3H3. The van der Waals surface area contributed by atoms with Crippen molar-refractivity contribution in [2.24, 2.45) is 0 Å². The lowest BCUT2D eigenvalue weighted by Gasteiger charge is -2.14. The van der Waals surface area contributed by atoms with E-state index in [1.54, 1.807) is 17.5 Å². The van der Waals surface area contributed by atoms with Gasteiger partial charge in [-0.2, -0.15) is 0 Å². The van der Waals surface area contributed by atoms with Crippen molar-refractivity contribution in [1.82, 2.24) is 14.9 Å². The molecule has 4 rings (SSSR count). The van der Waals surface area contributed by atoms with Gasteiger partial charge in [-0.3, -0.25) is 4.79 Å². The maximum absolute atomic E-state index is 12.9. The molecule has 0 spiro atoms. The molecule has 0 bridgehead atoms. The fourth-order valence-corrected chi connectivity index (χ4v) is 3.90. The highest BCUT2D eigenvalue weighted by Crippen LogP contribution is 2.41. The van der Waals surface area contributed by atoms with Crippen LogP contribution in [0.1, 0.15) is 35.6 Å². The Kier molecular flexibility index (Phi) is 4.32. The minimum Gasteiger partial charge on any atom is -0.493 e. The summed E-state index contributed by atoms with van der Waals surface area (Å²) in [6, 6.07) is 3.89. The van der Waals surface area contributed by atoms with E-state index in [1.807, 2.05) is 31.4 Å². The second-order valence-corrected chi connectivity index (χ2v) is 7.26. The molecular weight excluding hydrogens is 350 g/mol. The predicted molar refractivity (Wildman–Crippen MR) is 101 cm³/mol. The zero-order valence-electron chi connectivity index (χ0n) is 15.0. The zero-order chi connectivity index (χ0) is 18.3. The molecule has 1 atom stereocenters. The predicted octanol–water partition coefficient (Wildman–Crippen LogP) is 3.62. The van der Waals surface area contributed by atoms with Crippen LogP contribution in [0.3, 0.4) is 0 Å². The van der Waals surface area contributed by atoms with E-state index in [0.29, 0.717) is 18.8 Å². The fraction of sp³-hybridized carbons (Fsp3) is 0.368. The highest BCUT2D eigenvalue weighted by molar-refractivity contribution is 7.07. The smallest absolute Gasteiger partial charge is 0.270 e. The van der Waals surface area contributed by atoms with Crippen molar-refractivity contribution in [1.29, 1.82) is 0 Å². The van der Waals surface area contributed by atoms with Crippen LogP contribution in [0.5, 0.6) is 11.5 Å². The molecule has 0 fully saturated rings. The van der Waals surface area contributed by atoms with Crippen LogP contribution in [0.2, 0.25) is 0 Å². The summed E-state index contributed by atoms with van der Waals surface area (Å²) in [6.07, 6.45) is 0.969. The molecular formula is C19H21N3O3S. The first-order chi connectivity index (χ1) is 12.6. The van der Waals surface area contributed by atoms with Gasteiger partial charge in [0, 0.05) is 29.8 Å². The number of rotatable bonds is 5. The maximum atomic E-state index is 12.9. The second kappa shape index (κ2) is 6.64. The second-order valence-electron chi connectivity index (χ2n) is 6.54. The van der Waals surface area contributed by atoms with Crippen molar-refractivity contribution >= 4 is 28.1 Å². The normalized spacial score (nSPS) is 15.7. The number of carbonyl (C=O) groups excluding carboxylic acids is 1. The van der Waals surface area contributed by atoms with E-state index in [9.17, 15) is 4.79 Å². The summed E-state index contributed by atoms with van der Waals surface area (Å²) in [5.41, 5.74) is 5.13. The first-order valence-corrected chi connectivity index (χ1v) is 9.61. The summed E-state index contributed by atoms with van der Waals surface area (Å²) in [7, 11) is 1.78. The first kappa shape index (κ1) is 16.9. The Morgan fingerprint density at radius 1 is 1.50 bits per heavy atom. The van der Waals surface area contributed by atoms with Crippen LogP contribution in [-0.2, 0) is 13.0 Å². The van der Waals surface area contributed by atoms with Gasteiger partial charge in [-0.1, -0.05) is 0 Å². The van der Waals surface area contributed by atoms with Crippen molar-refractivity contribution < 1.29 is 14.3 Å². The number of nitrogens with one attached hydrogen (secondary N) is 1. The van der Waals surface area contributed by atoms with E-state index in [-0.39, 0.29) is 12.0 Å². The summed E-state index contributed by atoms with van der Waals surface area (Å²) in [5, 5.41) is 2.83. The minimum absolute atomic E-state index is 0.0866. The van der Waals surface area contributed by atoms with Crippen LogP contribution in [-0.4, -0.2) is 40.5 Å². The Hall–Kier alpha value is -2.54. The number of hydrogen-bond acceptors (Lipinski definition) is 5. The van der Waals surface area contributed by atoms with Gasteiger partial charge < -0.3 is 19.4 Å². The molecule has 3 aromatic rings. The SMILES string of the molecule is CCOc1cc2c(c3[nH]c(C(=O)N(C)Cc4cscn4)cc13)OC(C)C2. The number of aromatic amines is 1. The number of thiazole rings is 1. The molecule has 1 aliphatic heterocycles. The first-order valence-electron chi connectivity index (χ1n) is 8.67. The largest absolute Gasteiger partial charge is 0.493 e. The highest BCUT2D eigenvalue weighted by Gasteiger charge is 2.26. The molecule has 1 amide bonds. The summed E-state index contributed by atoms with van der Waals surface area (Å²) in [4.78, 5) is 22.0. The molecule has 1 N–H and O–H groups in total. The summed E-state index contributed by atoms with van der Waals surface area (Å²) in [6.45, 7) is 5.05. The van der Waals surface area contributed by atoms with E-state index in [1.165, 1.54) is 11.3 Å². The monoisotopic (exact) mass is 371 g/mol.